The monoisotopic (exact) mass is 338 g/mol. The Hall–Kier alpha value is -2.50. The van der Waals surface area contributed by atoms with E-state index in [2.05, 4.69) is 5.32 Å². The number of β-amino-alcohol motifs (C(OH)–C–C–N with tert-alkyl or cyclic N) is 1. The fourth-order valence-corrected chi connectivity index (χ4v) is 3.10. The fraction of sp³-hybridized carbons (Fsp3) is 0.300. The van der Waals surface area contributed by atoms with Crippen molar-refractivity contribution in [2.45, 2.75) is 18.9 Å². The molecule has 2 aromatic rings. The predicted molar refractivity (Wildman–Crippen MR) is 96.6 cm³/mol. The van der Waals surface area contributed by atoms with Crippen molar-refractivity contribution in [1.82, 2.24) is 4.90 Å². The van der Waals surface area contributed by atoms with Crippen molar-refractivity contribution in [2.75, 3.05) is 25.0 Å². The molecule has 1 heterocycles. The molecule has 3 rings (SSSR count). The number of benzene rings is 2. The Bertz CT molecular complexity index is 746. The van der Waals surface area contributed by atoms with E-state index in [0.717, 1.165) is 19.4 Å². The van der Waals surface area contributed by atoms with Gasteiger partial charge in [0.1, 0.15) is 0 Å². The van der Waals surface area contributed by atoms with Crippen LogP contribution in [-0.2, 0) is 4.79 Å². The lowest BCUT2D eigenvalue weighted by molar-refractivity contribution is -0.118. The topological polar surface area (TPSA) is 69.6 Å². The first-order valence-electron chi connectivity index (χ1n) is 8.52. The Morgan fingerprint density at radius 3 is 2.56 bits per heavy atom. The number of aliphatic hydroxyl groups is 1. The summed E-state index contributed by atoms with van der Waals surface area (Å²) >= 11 is 0. The summed E-state index contributed by atoms with van der Waals surface area (Å²) in [5.74, 6) is -0.299. The van der Waals surface area contributed by atoms with Crippen molar-refractivity contribution >= 4 is 17.4 Å². The van der Waals surface area contributed by atoms with Crippen LogP contribution in [0.2, 0.25) is 0 Å². The number of carbonyl (C=O) groups is 2. The molecule has 1 saturated heterocycles. The van der Waals surface area contributed by atoms with E-state index in [4.69, 9.17) is 0 Å². The van der Waals surface area contributed by atoms with Gasteiger partial charge in [-0.15, -0.1) is 0 Å². The van der Waals surface area contributed by atoms with Crippen molar-refractivity contribution in [3.63, 3.8) is 0 Å². The minimum atomic E-state index is -0.367. The van der Waals surface area contributed by atoms with Crippen molar-refractivity contribution in [3.8, 4) is 0 Å². The van der Waals surface area contributed by atoms with Crippen LogP contribution in [0.5, 0.6) is 0 Å². The van der Waals surface area contributed by atoms with Gasteiger partial charge in [-0.25, -0.2) is 0 Å². The first kappa shape index (κ1) is 17.3. The second-order valence-corrected chi connectivity index (χ2v) is 6.32. The van der Waals surface area contributed by atoms with Crippen LogP contribution in [0.25, 0.3) is 0 Å². The van der Waals surface area contributed by atoms with Gasteiger partial charge in [0, 0.05) is 17.7 Å². The number of piperidine rings is 1. The number of rotatable bonds is 5. The Kier molecular flexibility index (Phi) is 5.58. The minimum absolute atomic E-state index is 0.120. The van der Waals surface area contributed by atoms with Crippen LogP contribution in [0.15, 0.2) is 54.6 Å². The largest absolute Gasteiger partial charge is 0.392 e. The lowest BCUT2D eigenvalue weighted by atomic mass is 10.0. The van der Waals surface area contributed by atoms with Crippen LogP contribution in [0.3, 0.4) is 0 Å². The highest BCUT2D eigenvalue weighted by Gasteiger charge is 2.21. The molecule has 5 nitrogen and oxygen atoms in total. The summed E-state index contributed by atoms with van der Waals surface area (Å²) in [7, 11) is 0. The Labute approximate surface area is 147 Å². The lowest BCUT2D eigenvalue weighted by Gasteiger charge is -2.29. The number of hydrogen-bond donors (Lipinski definition) is 2. The number of nitrogens with zero attached hydrogens (tertiary/aromatic N) is 1. The molecule has 1 fully saturated rings. The normalized spacial score (nSPS) is 17.9. The maximum atomic E-state index is 12.7. The highest BCUT2D eigenvalue weighted by molar-refractivity contribution is 6.13. The summed E-state index contributed by atoms with van der Waals surface area (Å²) in [5.41, 5.74) is 1.57. The maximum absolute atomic E-state index is 12.7. The molecule has 130 valence electrons. The molecule has 1 amide bonds. The Morgan fingerprint density at radius 2 is 1.80 bits per heavy atom. The van der Waals surface area contributed by atoms with Gasteiger partial charge in [0.05, 0.1) is 18.3 Å². The summed E-state index contributed by atoms with van der Waals surface area (Å²) in [4.78, 5) is 27.0. The van der Waals surface area contributed by atoms with Crippen molar-refractivity contribution in [1.29, 1.82) is 0 Å². The predicted octanol–water partition coefficient (Wildman–Crippen LogP) is 2.31. The second-order valence-electron chi connectivity index (χ2n) is 6.32. The van der Waals surface area contributed by atoms with Gasteiger partial charge in [0.2, 0.25) is 5.91 Å². The number of nitrogens with one attached hydrogen (secondary N) is 1. The first-order chi connectivity index (χ1) is 12.1. The van der Waals surface area contributed by atoms with Crippen LogP contribution in [0.4, 0.5) is 5.69 Å². The van der Waals surface area contributed by atoms with Crippen LogP contribution in [0.1, 0.15) is 28.8 Å². The molecule has 25 heavy (non-hydrogen) atoms. The zero-order chi connectivity index (χ0) is 17.6. The average molecular weight is 338 g/mol. The van der Waals surface area contributed by atoms with Crippen LogP contribution in [0, 0.1) is 0 Å². The molecule has 0 unspecified atom stereocenters. The van der Waals surface area contributed by atoms with Gasteiger partial charge in [-0.05, 0) is 31.5 Å². The summed E-state index contributed by atoms with van der Waals surface area (Å²) in [5, 5.41) is 12.5. The molecule has 0 aliphatic carbocycles. The fourth-order valence-electron chi connectivity index (χ4n) is 3.10. The van der Waals surface area contributed by atoms with E-state index in [1.165, 1.54) is 0 Å². The Morgan fingerprint density at radius 1 is 1.08 bits per heavy atom. The van der Waals surface area contributed by atoms with Crippen molar-refractivity contribution in [3.05, 3.63) is 65.7 Å². The number of carbonyl (C=O) groups excluding carboxylic acids is 2. The van der Waals surface area contributed by atoms with E-state index in [0.29, 0.717) is 23.4 Å². The summed E-state index contributed by atoms with van der Waals surface area (Å²) < 4.78 is 0. The molecule has 1 atom stereocenters. The lowest BCUT2D eigenvalue weighted by Crippen LogP contribution is -2.42. The second kappa shape index (κ2) is 8.05. The Balaban J connectivity index is 1.70. The average Bonchev–Trinajstić information content (AvgIpc) is 2.62. The van der Waals surface area contributed by atoms with E-state index >= 15 is 0 Å². The quantitative estimate of drug-likeness (QED) is 0.821. The molecule has 1 aliphatic rings. The number of likely N-dealkylation sites (tertiary alicyclic amines) is 1. The summed E-state index contributed by atoms with van der Waals surface area (Å²) in [6.07, 6.45) is 1.30. The van der Waals surface area contributed by atoms with Gasteiger partial charge in [-0.3, -0.25) is 14.5 Å². The maximum Gasteiger partial charge on any atom is 0.238 e. The molecule has 0 radical (unpaired) electrons. The highest BCUT2D eigenvalue weighted by Crippen LogP contribution is 2.19. The molecular weight excluding hydrogens is 316 g/mol. The molecule has 0 spiro atoms. The molecule has 2 N–H and O–H groups in total. The van der Waals surface area contributed by atoms with E-state index in [9.17, 15) is 14.7 Å². The molecule has 0 aromatic heterocycles. The van der Waals surface area contributed by atoms with Crippen LogP contribution >= 0.6 is 0 Å². The van der Waals surface area contributed by atoms with Crippen molar-refractivity contribution in [2.24, 2.45) is 0 Å². The molecule has 1 aliphatic heterocycles. The number of aliphatic hydroxyl groups excluding tert-OH is 1. The van der Waals surface area contributed by atoms with Gasteiger partial charge in [-0.1, -0.05) is 42.5 Å². The number of hydrogen-bond acceptors (Lipinski definition) is 4. The van der Waals surface area contributed by atoms with Gasteiger partial charge in [0.15, 0.2) is 5.78 Å². The SMILES string of the molecule is O=C(CN1CCC[C@@H](O)C1)Nc1ccccc1C(=O)c1ccccc1. The third-order valence-corrected chi connectivity index (χ3v) is 4.33. The van der Waals surface area contributed by atoms with Crippen LogP contribution < -0.4 is 5.32 Å². The third-order valence-electron chi connectivity index (χ3n) is 4.33. The highest BCUT2D eigenvalue weighted by atomic mass is 16.3. The third kappa shape index (κ3) is 4.53. The molecule has 2 aromatic carbocycles. The smallest absolute Gasteiger partial charge is 0.238 e. The molecule has 0 bridgehead atoms. The summed E-state index contributed by atoms with van der Waals surface area (Å²) in [6, 6.07) is 16.0. The first-order valence-corrected chi connectivity index (χ1v) is 8.52. The van der Waals surface area contributed by atoms with E-state index in [1.54, 1.807) is 36.4 Å². The van der Waals surface area contributed by atoms with Crippen molar-refractivity contribution < 1.29 is 14.7 Å². The number of ketones is 1. The summed E-state index contributed by atoms with van der Waals surface area (Å²) in [6.45, 7) is 1.53. The van der Waals surface area contributed by atoms with E-state index in [-0.39, 0.29) is 24.3 Å². The zero-order valence-corrected chi connectivity index (χ0v) is 14.0. The van der Waals surface area contributed by atoms with Gasteiger partial charge in [0.25, 0.3) is 0 Å². The molecule has 5 heteroatoms. The zero-order valence-electron chi connectivity index (χ0n) is 14.0. The number of anilines is 1. The van der Waals surface area contributed by atoms with Gasteiger partial charge < -0.3 is 10.4 Å². The van der Waals surface area contributed by atoms with Gasteiger partial charge >= 0.3 is 0 Å². The van der Waals surface area contributed by atoms with E-state index in [1.807, 2.05) is 23.1 Å². The number of para-hydroxylation sites is 1. The number of amides is 1. The minimum Gasteiger partial charge on any atom is -0.392 e. The molecular formula is C20H22N2O3. The molecule has 0 saturated carbocycles. The van der Waals surface area contributed by atoms with E-state index < -0.39 is 0 Å². The standard InChI is InChI=1S/C20H22N2O3/c23-16-9-6-12-22(13-16)14-19(24)21-18-11-5-4-10-17(18)20(25)15-7-2-1-3-8-15/h1-5,7-8,10-11,16,23H,6,9,12-14H2,(H,21,24)/t16-/m1/s1. The van der Waals surface area contributed by atoms with Gasteiger partial charge in [-0.2, -0.15) is 0 Å². The van der Waals surface area contributed by atoms with Crippen LogP contribution in [-0.4, -0.2) is 47.4 Å².